The SMILES string of the molecule is OCC(F)C1CC2(CCNCC2)C1. The van der Waals surface area contributed by atoms with Gasteiger partial charge in [0.1, 0.15) is 6.17 Å². The molecule has 0 bridgehead atoms. The Morgan fingerprint density at radius 2 is 2.00 bits per heavy atom. The Labute approximate surface area is 78.5 Å². The van der Waals surface area contributed by atoms with Crippen LogP contribution in [0.4, 0.5) is 4.39 Å². The van der Waals surface area contributed by atoms with Crippen LogP contribution in [0, 0.1) is 11.3 Å². The number of hydrogen-bond acceptors (Lipinski definition) is 2. The summed E-state index contributed by atoms with van der Waals surface area (Å²) >= 11 is 0. The van der Waals surface area contributed by atoms with Crippen molar-refractivity contribution in [2.24, 2.45) is 11.3 Å². The van der Waals surface area contributed by atoms with Crippen LogP contribution in [0.5, 0.6) is 0 Å². The van der Waals surface area contributed by atoms with Gasteiger partial charge in [0, 0.05) is 0 Å². The van der Waals surface area contributed by atoms with Crippen LogP contribution in [0.3, 0.4) is 0 Å². The molecule has 1 saturated carbocycles. The average molecular weight is 187 g/mol. The van der Waals surface area contributed by atoms with Crippen LogP contribution in [0.15, 0.2) is 0 Å². The highest BCUT2D eigenvalue weighted by Gasteiger charge is 2.47. The fourth-order valence-corrected chi connectivity index (χ4v) is 2.82. The molecule has 2 aliphatic rings. The Morgan fingerprint density at radius 3 is 2.54 bits per heavy atom. The molecule has 2 nitrogen and oxygen atoms in total. The van der Waals surface area contributed by atoms with E-state index in [0.717, 1.165) is 25.9 Å². The lowest BCUT2D eigenvalue weighted by molar-refractivity contribution is -0.0357. The highest BCUT2D eigenvalue weighted by atomic mass is 19.1. The summed E-state index contributed by atoms with van der Waals surface area (Å²) in [5, 5.41) is 12.0. The molecule has 1 atom stereocenters. The van der Waals surface area contributed by atoms with Gasteiger partial charge < -0.3 is 10.4 Å². The topological polar surface area (TPSA) is 32.3 Å². The summed E-state index contributed by atoms with van der Waals surface area (Å²) in [6.07, 6.45) is 3.41. The van der Waals surface area contributed by atoms with Crippen LogP contribution in [0.25, 0.3) is 0 Å². The van der Waals surface area contributed by atoms with Crippen molar-refractivity contribution in [2.75, 3.05) is 19.7 Å². The predicted octanol–water partition coefficient (Wildman–Crippen LogP) is 1.10. The Balaban J connectivity index is 1.81. The van der Waals surface area contributed by atoms with Crippen molar-refractivity contribution in [1.82, 2.24) is 5.32 Å². The molecule has 2 fully saturated rings. The van der Waals surface area contributed by atoms with Gasteiger partial charge in [-0.3, -0.25) is 0 Å². The molecule has 2 N–H and O–H groups in total. The number of piperidine rings is 1. The Hall–Kier alpha value is -0.150. The van der Waals surface area contributed by atoms with Gasteiger partial charge in [-0.05, 0) is 50.1 Å². The highest BCUT2D eigenvalue weighted by Crippen LogP contribution is 2.53. The predicted molar refractivity (Wildman–Crippen MR) is 49.2 cm³/mol. The Bertz CT molecular complexity index is 172. The number of nitrogens with one attached hydrogen (secondary N) is 1. The van der Waals surface area contributed by atoms with Gasteiger partial charge in [0.15, 0.2) is 0 Å². The molecule has 2 rings (SSSR count). The second kappa shape index (κ2) is 3.54. The van der Waals surface area contributed by atoms with Crippen LogP contribution in [-0.2, 0) is 0 Å². The minimum atomic E-state index is -0.972. The first-order chi connectivity index (χ1) is 6.26. The zero-order valence-electron chi connectivity index (χ0n) is 7.93. The first kappa shape index (κ1) is 9.41. The number of halogens is 1. The van der Waals surface area contributed by atoms with Crippen molar-refractivity contribution in [1.29, 1.82) is 0 Å². The largest absolute Gasteiger partial charge is 0.393 e. The molecule has 0 radical (unpaired) electrons. The number of alkyl halides is 1. The minimum Gasteiger partial charge on any atom is -0.393 e. The molecule has 3 heteroatoms. The average Bonchev–Trinajstić information content (AvgIpc) is 2.14. The van der Waals surface area contributed by atoms with Crippen molar-refractivity contribution in [3.63, 3.8) is 0 Å². The lowest BCUT2D eigenvalue weighted by Crippen LogP contribution is -2.48. The molecular weight excluding hydrogens is 169 g/mol. The van der Waals surface area contributed by atoms with Gasteiger partial charge in [0.05, 0.1) is 6.61 Å². The second-order valence-electron chi connectivity index (χ2n) is 4.62. The van der Waals surface area contributed by atoms with E-state index in [4.69, 9.17) is 5.11 Å². The van der Waals surface area contributed by atoms with E-state index in [1.165, 1.54) is 12.8 Å². The molecule has 1 unspecified atom stereocenters. The molecule has 1 saturated heterocycles. The summed E-state index contributed by atoms with van der Waals surface area (Å²) in [5.74, 6) is 0.142. The maximum absolute atomic E-state index is 13.0. The quantitative estimate of drug-likeness (QED) is 0.678. The monoisotopic (exact) mass is 187 g/mol. The minimum absolute atomic E-state index is 0.142. The molecule has 0 aromatic heterocycles. The first-order valence-corrected chi connectivity index (χ1v) is 5.21. The van der Waals surface area contributed by atoms with E-state index in [1.54, 1.807) is 0 Å². The van der Waals surface area contributed by atoms with Crippen molar-refractivity contribution < 1.29 is 9.50 Å². The van der Waals surface area contributed by atoms with Gasteiger partial charge in [0.25, 0.3) is 0 Å². The highest BCUT2D eigenvalue weighted by molar-refractivity contribution is 4.98. The molecular formula is C10H18FNO. The van der Waals surface area contributed by atoms with E-state index in [-0.39, 0.29) is 12.5 Å². The van der Waals surface area contributed by atoms with Gasteiger partial charge in [-0.1, -0.05) is 0 Å². The molecule has 0 aromatic rings. The van der Waals surface area contributed by atoms with Gasteiger partial charge in [-0.15, -0.1) is 0 Å². The number of aliphatic hydroxyl groups excluding tert-OH is 1. The third-order valence-corrected chi connectivity index (χ3v) is 3.74. The molecule has 1 aliphatic carbocycles. The number of hydrogen-bond donors (Lipinski definition) is 2. The van der Waals surface area contributed by atoms with Gasteiger partial charge in [-0.2, -0.15) is 0 Å². The standard InChI is InChI=1S/C10H18FNO/c11-9(7-13)8-5-10(6-8)1-3-12-4-2-10/h8-9,12-13H,1-7H2. The summed E-state index contributed by atoms with van der Waals surface area (Å²) < 4.78 is 13.0. The van der Waals surface area contributed by atoms with E-state index in [1.807, 2.05) is 0 Å². The molecule has 1 aliphatic heterocycles. The van der Waals surface area contributed by atoms with Gasteiger partial charge >= 0.3 is 0 Å². The van der Waals surface area contributed by atoms with Crippen molar-refractivity contribution in [3.05, 3.63) is 0 Å². The molecule has 13 heavy (non-hydrogen) atoms. The summed E-state index contributed by atoms with van der Waals surface area (Å²) in [5.41, 5.74) is 0.440. The van der Waals surface area contributed by atoms with Gasteiger partial charge in [0.2, 0.25) is 0 Å². The lowest BCUT2D eigenvalue weighted by Gasteiger charge is -2.51. The van der Waals surface area contributed by atoms with Crippen LogP contribution < -0.4 is 5.32 Å². The molecule has 76 valence electrons. The zero-order valence-corrected chi connectivity index (χ0v) is 7.93. The first-order valence-electron chi connectivity index (χ1n) is 5.21. The zero-order chi connectivity index (χ0) is 9.31. The van der Waals surface area contributed by atoms with E-state index in [9.17, 15) is 4.39 Å². The van der Waals surface area contributed by atoms with Gasteiger partial charge in [-0.25, -0.2) is 4.39 Å². The summed E-state index contributed by atoms with van der Waals surface area (Å²) in [6.45, 7) is 1.88. The molecule has 1 spiro atoms. The summed E-state index contributed by atoms with van der Waals surface area (Å²) in [4.78, 5) is 0. The summed E-state index contributed by atoms with van der Waals surface area (Å²) in [7, 11) is 0. The lowest BCUT2D eigenvalue weighted by atomic mass is 9.56. The van der Waals surface area contributed by atoms with Crippen LogP contribution >= 0.6 is 0 Å². The van der Waals surface area contributed by atoms with E-state index < -0.39 is 6.17 Å². The number of aliphatic hydroxyl groups is 1. The van der Waals surface area contributed by atoms with E-state index >= 15 is 0 Å². The third-order valence-electron chi connectivity index (χ3n) is 3.74. The normalized spacial score (nSPS) is 30.0. The summed E-state index contributed by atoms with van der Waals surface area (Å²) in [6, 6.07) is 0. The number of rotatable bonds is 2. The smallest absolute Gasteiger partial charge is 0.126 e. The maximum atomic E-state index is 13.0. The molecule has 1 heterocycles. The van der Waals surface area contributed by atoms with Crippen LogP contribution in [0.2, 0.25) is 0 Å². The van der Waals surface area contributed by atoms with Crippen molar-refractivity contribution in [3.8, 4) is 0 Å². The maximum Gasteiger partial charge on any atom is 0.126 e. The fraction of sp³-hybridized carbons (Fsp3) is 1.00. The van der Waals surface area contributed by atoms with E-state index in [2.05, 4.69) is 5.32 Å². The Morgan fingerprint density at radius 1 is 1.38 bits per heavy atom. The van der Waals surface area contributed by atoms with Crippen molar-refractivity contribution >= 4 is 0 Å². The fourth-order valence-electron chi connectivity index (χ4n) is 2.82. The third kappa shape index (κ3) is 1.72. The van der Waals surface area contributed by atoms with Crippen molar-refractivity contribution in [2.45, 2.75) is 31.9 Å². The molecule has 0 amide bonds. The van der Waals surface area contributed by atoms with Crippen LogP contribution in [-0.4, -0.2) is 31.0 Å². The Kier molecular flexibility index (Phi) is 2.56. The second-order valence-corrected chi connectivity index (χ2v) is 4.62. The van der Waals surface area contributed by atoms with E-state index in [0.29, 0.717) is 5.41 Å². The molecule has 0 aromatic carbocycles. The van der Waals surface area contributed by atoms with Crippen LogP contribution in [0.1, 0.15) is 25.7 Å².